The Labute approximate surface area is 209 Å². The molecule has 4 aromatic rings. The largest absolute Gasteiger partial charge is 0.444 e. The first-order valence-corrected chi connectivity index (χ1v) is 12.4. The highest BCUT2D eigenvalue weighted by Gasteiger charge is 2.23. The molecule has 0 radical (unpaired) electrons. The summed E-state index contributed by atoms with van der Waals surface area (Å²) in [6.45, 7) is 7.13. The van der Waals surface area contributed by atoms with Crippen molar-refractivity contribution in [2.75, 3.05) is 0 Å². The summed E-state index contributed by atoms with van der Waals surface area (Å²) in [6, 6.07) is 3.29. The van der Waals surface area contributed by atoms with E-state index in [9.17, 15) is 13.6 Å². The number of nitrogens with zero attached hydrogens (tertiary/aromatic N) is 6. The monoisotopic (exact) mass is 513 g/mol. The molecule has 5 rings (SSSR count). The molecule has 0 saturated carbocycles. The van der Waals surface area contributed by atoms with E-state index in [1.165, 1.54) is 29.2 Å². The Morgan fingerprint density at radius 1 is 1.22 bits per heavy atom. The molecule has 1 aliphatic carbocycles. The van der Waals surface area contributed by atoms with Gasteiger partial charge in [0.1, 0.15) is 33.2 Å². The average Bonchev–Trinajstić information content (AvgIpc) is 3.39. The Morgan fingerprint density at radius 2 is 2.03 bits per heavy atom. The number of alkyl halides is 2. The predicted molar refractivity (Wildman–Crippen MR) is 132 cm³/mol. The normalized spacial score (nSPS) is 16.5. The van der Waals surface area contributed by atoms with E-state index in [0.29, 0.717) is 22.8 Å². The van der Waals surface area contributed by atoms with Crippen molar-refractivity contribution >= 4 is 39.0 Å². The molecule has 12 heteroatoms. The highest BCUT2D eigenvalue weighted by Crippen LogP contribution is 2.35. The Kier molecular flexibility index (Phi) is 6.15. The van der Waals surface area contributed by atoms with Crippen molar-refractivity contribution in [3.8, 4) is 11.4 Å². The van der Waals surface area contributed by atoms with Crippen LogP contribution in [0.15, 0.2) is 24.4 Å². The summed E-state index contributed by atoms with van der Waals surface area (Å²) in [6.07, 6.45) is 2.80. The third-order valence-corrected chi connectivity index (χ3v) is 6.73. The third kappa shape index (κ3) is 5.03. The topological polar surface area (TPSA) is 107 Å². The molecule has 0 aromatic carbocycles. The standard InChI is InChI=1S/C24H25F2N7O2S/c1-12-28-21-15(20(25)26)9-16(32-33(21)31-12)18-11-27-17-10-19(36-22(17)30-18)13-5-7-14(8-6-13)29-23(34)35-24(2,3)4/h5,9-11,14,20H,6-8H2,1-4H3,(H,29,34)/t14-/m0/s1. The number of halogens is 2. The van der Waals surface area contributed by atoms with Crippen molar-refractivity contribution in [2.24, 2.45) is 0 Å². The van der Waals surface area contributed by atoms with Gasteiger partial charge in [0.05, 0.1) is 11.8 Å². The highest BCUT2D eigenvalue weighted by molar-refractivity contribution is 7.19. The quantitative estimate of drug-likeness (QED) is 0.384. The molecular weight excluding hydrogens is 488 g/mol. The van der Waals surface area contributed by atoms with Crippen molar-refractivity contribution in [1.29, 1.82) is 0 Å². The number of rotatable bonds is 4. The number of nitrogens with one attached hydrogen (secondary N) is 1. The maximum Gasteiger partial charge on any atom is 0.407 e. The molecule has 9 nitrogen and oxygen atoms in total. The summed E-state index contributed by atoms with van der Waals surface area (Å²) in [7, 11) is 0. The molecular formula is C24H25F2N7O2S. The highest BCUT2D eigenvalue weighted by atomic mass is 32.1. The van der Waals surface area contributed by atoms with E-state index in [1.54, 1.807) is 6.92 Å². The van der Waals surface area contributed by atoms with Crippen LogP contribution < -0.4 is 5.32 Å². The van der Waals surface area contributed by atoms with Gasteiger partial charge in [-0.3, -0.25) is 4.98 Å². The second-order valence-electron chi connectivity index (χ2n) is 9.66. The van der Waals surface area contributed by atoms with Crippen molar-refractivity contribution < 1.29 is 18.3 Å². The average molecular weight is 514 g/mol. The van der Waals surface area contributed by atoms with Gasteiger partial charge in [-0.25, -0.2) is 23.5 Å². The summed E-state index contributed by atoms with van der Waals surface area (Å²) >= 11 is 1.49. The van der Waals surface area contributed by atoms with Crippen LogP contribution in [0.1, 0.15) is 62.7 Å². The molecule has 4 aromatic heterocycles. The van der Waals surface area contributed by atoms with Crippen LogP contribution in [0.25, 0.3) is 33.0 Å². The molecule has 1 aliphatic rings. The lowest BCUT2D eigenvalue weighted by Crippen LogP contribution is -2.39. The molecule has 0 unspecified atom stereocenters. The number of alkyl carbamates (subject to hydrolysis) is 1. The van der Waals surface area contributed by atoms with Crippen LogP contribution in [-0.4, -0.2) is 47.5 Å². The zero-order valence-electron chi connectivity index (χ0n) is 20.2. The summed E-state index contributed by atoms with van der Waals surface area (Å²) in [5.41, 5.74) is 1.76. The number of hydrogen-bond acceptors (Lipinski definition) is 8. The van der Waals surface area contributed by atoms with Crippen LogP contribution in [0.3, 0.4) is 0 Å². The van der Waals surface area contributed by atoms with Gasteiger partial charge in [0.15, 0.2) is 5.65 Å². The van der Waals surface area contributed by atoms with E-state index in [4.69, 9.17) is 4.74 Å². The van der Waals surface area contributed by atoms with Gasteiger partial charge in [0.2, 0.25) is 0 Å². The van der Waals surface area contributed by atoms with Crippen LogP contribution in [0.2, 0.25) is 0 Å². The lowest BCUT2D eigenvalue weighted by Gasteiger charge is -2.25. The van der Waals surface area contributed by atoms with E-state index in [2.05, 4.69) is 36.5 Å². The first kappa shape index (κ1) is 24.2. The van der Waals surface area contributed by atoms with Gasteiger partial charge in [0, 0.05) is 10.9 Å². The first-order chi connectivity index (χ1) is 17.1. The fraction of sp³-hybridized carbons (Fsp3) is 0.417. The molecule has 0 bridgehead atoms. The minimum absolute atomic E-state index is 0.0197. The Hall–Kier alpha value is -3.54. The molecule has 188 valence electrons. The maximum absolute atomic E-state index is 13.7. The van der Waals surface area contributed by atoms with Gasteiger partial charge in [-0.2, -0.15) is 0 Å². The Bertz CT molecular complexity index is 1490. The number of amides is 1. The second-order valence-corrected chi connectivity index (χ2v) is 10.7. The van der Waals surface area contributed by atoms with Crippen molar-refractivity contribution in [3.05, 3.63) is 40.7 Å². The SMILES string of the molecule is Cc1nc2c(C(F)F)cc(-c3cnc4cc(C5=CC[C@H](NC(=O)OC(C)(C)C)CC5)sc4n3)nn2n1. The van der Waals surface area contributed by atoms with Crippen LogP contribution in [0.5, 0.6) is 0 Å². The summed E-state index contributed by atoms with van der Waals surface area (Å²) in [5.74, 6) is 0.357. The number of fused-ring (bicyclic) bond motifs is 2. The number of allylic oxidation sites excluding steroid dienone is 1. The zero-order chi connectivity index (χ0) is 25.6. The van der Waals surface area contributed by atoms with Gasteiger partial charge >= 0.3 is 6.09 Å². The van der Waals surface area contributed by atoms with Gasteiger partial charge in [0.25, 0.3) is 6.43 Å². The number of carbonyl (C=O) groups excluding carboxylic acids is 1. The van der Waals surface area contributed by atoms with Gasteiger partial charge in [-0.15, -0.1) is 26.2 Å². The predicted octanol–water partition coefficient (Wildman–Crippen LogP) is 5.50. The number of carbonyl (C=O) groups is 1. The van der Waals surface area contributed by atoms with Gasteiger partial charge in [-0.1, -0.05) is 6.08 Å². The van der Waals surface area contributed by atoms with Crippen molar-refractivity contribution in [3.63, 3.8) is 0 Å². The number of aryl methyl sites for hydroxylation is 1. The molecule has 0 aliphatic heterocycles. The first-order valence-electron chi connectivity index (χ1n) is 11.5. The Morgan fingerprint density at radius 3 is 2.72 bits per heavy atom. The molecule has 1 N–H and O–H groups in total. The number of thiophene rings is 1. The van der Waals surface area contributed by atoms with Crippen LogP contribution >= 0.6 is 11.3 Å². The Balaban J connectivity index is 1.37. The summed E-state index contributed by atoms with van der Waals surface area (Å²) in [4.78, 5) is 27.0. The van der Waals surface area contributed by atoms with E-state index in [0.717, 1.165) is 27.9 Å². The van der Waals surface area contributed by atoms with Crippen molar-refractivity contribution in [1.82, 2.24) is 35.1 Å². The molecule has 1 amide bonds. The minimum atomic E-state index is -2.73. The van der Waals surface area contributed by atoms with Gasteiger partial charge < -0.3 is 10.1 Å². The number of hydrogen-bond donors (Lipinski definition) is 1. The fourth-order valence-corrected chi connectivity index (χ4v) is 5.10. The molecule has 0 fully saturated rings. The van der Waals surface area contributed by atoms with E-state index >= 15 is 0 Å². The van der Waals surface area contributed by atoms with Crippen molar-refractivity contribution in [2.45, 2.75) is 65.0 Å². The van der Waals surface area contributed by atoms with Crippen LogP contribution in [-0.2, 0) is 4.74 Å². The number of aromatic nitrogens is 6. The van der Waals surface area contributed by atoms with Gasteiger partial charge in [-0.05, 0) is 64.7 Å². The molecule has 4 heterocycles. The lowest BCUT2D eigenvalue weighted by atomic mass is 9.94. The number of ether oxygens (including phenoxy) is 1. The molecule has 36 heavy (non-hydrogen) atoms. The smallest absolute Gasteiger partial charge is 0.407 e. The fourth-order valence-electron chi connectivity index (χ4n) is 4.04. The van der Waals surface area contributed by atoms with E-state index in [-0.39, 0.29) is 22.9 Å². The van der Waals surface area contributed by atoms with Crippen LogP contribution in [0, 0.1) is 6.92 Å². The second kappa shape index (κ2) is 9.16. The molecule has 0 spiro atoms. The third-order valence-electron chi connectivity index (χ3n) is 5.64. The van der Waals surface area contributed by atoms with Crippen LogP contribution in [0.4, 0.5) is 13.6 Å². The minimum Gasteiger partial charge on any atom is -0.444 e. The zero-order valence-corrected chi connectivity index (χ0v) is 21.1. The maximum atomic E-state index is 13.7. The van der Waals surface area contributed by atoms with E-state index < -0.39 is 18.1 Å². The summed E-state index contributed by atoms with van der Waals surface area (Å²) < 4.78 is 33.8. The summed E-state index contributed by atoms with van der Waals surface area (Å²) in [5, 5.41) is 11.3. The molecule has 1 atom stereocenters. The lowest BCUT2D eigenvalue weighted by molar-refractivity contribution is 0.0502. The van der Waals surface area contributed by atoms with E-state index in [1.807, 2.05) is 26.8 Å². The molecule has 0 saturated heterocycles.